The summed E-state index contributed by atoms with van der Waals surface area (Å²) in [6.45, 7) is 4.53. The zero-order valence-electron chi connectivity index (χ0n) is 16.0. The molecule has 0 radical (unpaired) electrons. The van der Waals surface area contributed by atoms with Crippen molar-refractivity contribution in [3.05, 3.63) is 58.9 Å². The Balaban J connectivity index is 1.85. The van der Waals surface area contributed by atoms with Gasteiger partial charge in [-0.15, -0.1) is 0 Å². The number of unbranched alkanes of at least 4 members (excludes halogenated alkanes) is 1. The van der Waals surface area contributed by atoms with E-state index in [0.717, 1.165) is 44.1 Å². The van der Waals surface area contributed by atoms with Crippen LogP contribution >= 0.6 is 0 Å². The predicted octanol–water partition coefficient (Wildman–Crippen LogP) is 6.79. The summed E-state index contributed by atoms with van der Waals surface area (Å²) in [5.41, 5.74) is 1.27. The number of benzene rings is 2. The summed E-state index contributed by atoms with van der Waals surface area (Å²) in [4.78, 5) is 0. The molecule has 2 atom stereocenters. The number of aryl methyl sites for hydroxylation is 1. The Morgan fingerprint density at radius 1 is 0.963 bits per heavy atom. The molecule has 27 heavy (non-hydrogen) atoms. The molecule has 146 valence electrons. The predicted molar refractivity (Wildman–Crippen MR) is 102 cm³/mol. The van der Waals surface area contributed by atoms with E-state index in [2.05, 4.69) is 13.8 Å². The van der Waals surface area contributed by atoms with Crippen LogP contribution in [0, 0.1) is 17.5 Å². The standard InChI is InChI=1S/C23H27F3O/c1-3-5-6-15-7-10-19(21(24)13-15)20-12-11-18(22(25)23(20)26)16-8-9-17(4-2)27-14-16/h7,10-13,16-17H,3-6,8-9,14H2,1-2H3. The summed E-state index contributed by atoms with van der Waals surface area (Å²) in [5.74, 6) is -2.53. The zero-order chi connectivity index (χ0) is 19.4. The van der Waals surface area contributed by atoms with Crippen LogP contribution in [-0.2, 0) is 11.2 Å². The minimum Gasteiger partial charge on any atom is -0.378 e. The fraction of sp³-hybridized carbons (Fsp3) is 0.478. The second-order valence-corrected chi connectivity index (χ2v) is 7.39. The molecule has 0 N–H and O–H groups in total. The summed E-state index contributed by atoms with van der Waals surface area (Å²) in [7, 11) is 0. The molecular formula is C23H27F3O. The van der Waals surface area contributed by atoms with Crippen molar-refractivity contribution in [1.29, 1.82) is 0 Å². The van der Waals surface area contributed by atoms with Crippen molar-refractivity contribution in [3.63, 3.8) is 0 Å². The summed E-state index contributed by atoms with van der Waals surface area (Å²) in [6, 6.07) is 7.84. The lowest BCUT2D eigenvalue weighted by molar-refractivity contribution is 0.00131. The lowest BCUT2D eigenvalue weighted by Crippen LogP contribution is -2.24. The van der Waals surface area contributed by atoms with E-state index in [1.54, 1.807) is 18.2 Å². The van der Waals surface area contributed by atoms with Gasteiger partial charge in [0.25, 0.3) is 0 Å². The number of halogens is 3. The number of hydrogen-bond donors (Lipinski definition) is 0. The second-order valence-electron chi connectivity index (χ2n) is 7.39. The molecule has 1 heterocycles. The average Bonchev–Trinajstić information content (AvgIpc) is 2.69. The Morgan fingerprint density at radius 2 is 1.74 bits per heavy atom. The smallest absolute Gasteiger partial charge is 0.167 e. The molecule has 0 aliphatic carbocycles. The van der Waals surface area contributed by atoms with Gasteiger partial charge in [0.2, 0.25) is 0 Å². The van der Waals surface area contributed by atoms with E-state index in [1.165, 1.54) is 12.1 Å². The van der Waals surface area contributed by atoms with E-state index in [0.29, 0.717) is 12.2 Å². The molecule has 1 aliphatic rings. The third kappa shape index (κ3) is 4.37. The van der Waals surface area contributed by atoms with Crippen LogP contribution in [0.2, 0.25) is 0 Å². The van der Waals surface area contributed by atoms with Crippen LogP contribution in [0.4, 0.5) is 13.2 Å². The van der Waals surface area contributed by atoms with E-state index >= 15 is 0 Å². The Kier molecular flexibility index (Phi) is 6.59. The van der Waals surface area contributed by atoms with Crippen molar-refractivity contribution in [1.82, 2.24) is 0 Å². The first kappa shape index (κ1) is 19.9. The van der Waals surface area contributed by atoms with Crippen LogP contribution in [0.15, 0.2) is 30.3 Å². The van der Waals surface area contributed by atoms with Gasteiger partial charge in [0.05, 0.1) is 12.7 Å². The van der Waals surface area contributed by atoms with Crippen LogP contribution < -0.4 is 0 Å². The maximum Gasteiger partial charge on any atom is 0.167 e. The third-order valence-electron chi connectivity index (χ3n) is 5.52. The summed E-state index contributed by atoms with van der Waals surface area (Å²) in [5, 5.41) is 0. The Labute approximate surface area is 159 Å². The normalized spacial score (nSPS) is 20.0. The first-order valence-electron chi connectivity index (χ1n) is 9.93. The average molecular weight is 376 g/mol. The Hall–Kier alpha value is -1.81. The van der Waals surface area contributed by atoms with E-state index in [4.69, 9.17) is 4.74 Å². The van der Waals surface area contributed by atoms with Crippen molar-refractivity contribution in [2.24, 2.45) is 0 Å². The molecule has 1 saturated heterocycles. The van der Waals surface area contributed by atoms with Gasteiger partial charge in [-0.25, -0.2) is 13.2 Å². The van der Waals surface area contributed by atoms with Gasteiger partial charge >= 0.3 is 0 Å². The highest BCUT2D eigenvalue weighted by molar-refractivity contribution is 5.66. The summed E-state index contributed by atoms with van der Waals surface area (Å²) in [6.07, 6.45) is 5.52. The van der Waals surface area contributed by atoms with Gasteiger partial charge in [-0.2, -0.15) is 0 Å². The molecule has 0 aromatic heterocycles. The van der Waals surface area contributed by atoms with Crippen LogP contribution in [0.1, 0.15) is 63.0 Å². The third-order valence-corrected chi connectivity index (χ3v) is 5.52. The Morgan fingerprint density at radius 3 is 2.37 bits per heavy atom. The lowest BCUT2D eigenvalue weighted by Gasteiger charge is -2.29. The fourth-order valence-electron chi connectivity index (χ4n) is 3.77. The van der Waals surface area contributed by atoms with Crippen molar-refractivity contribution in [3.8, 4) is 11.1 Å². The highest BCUT2D eigenvalue weighted by atomic mass is 19.2. The topological polar surface area (TPSA) is 9.23 Å². The van der Waals surface area contributed by atoms with Gasteiger partial charge in [0, 0.05) is 17.0 Å². The molecular weight excluding hydrogens is 349 g/mol. The fourth-order valence-corrected chi connectivity index (χ4v) is 3.77. The summed E-state index contributed by atoms with van der Waals surface area (Å²) < 4.78 is 49.7. The van der Waals surface area contributed by atoms with E-state index in [9.17, 15) is 13.2 Å². The molecule has 0 saturated carbocycles. The van der Waals surface area contributed by atoms with Gasteiger partial charge < -0.3 is 4.74 Å². The quantitative estimate of drug-likeness (QED) is 0.539. The second kappa shape index (κ2) is 8.92. The van der Waals surface area contributed by atoms with Crippen LogP contribution in [-0.4, -0.2) is 12.7 Å². The summed E-state index contributed by atoms with van der Waals surface area (Å²) >= 11 is 0. The molecule has 3 rings (SSSR count). The molecule has 0 spiro atoms. The molecule has 4 heteroatoms. The first-order chi connectivity index (χ1) is 13.0. The molecule has 1 aliphatic heterocycles. The molecule has 2 aromatic carbocycles. The van der Waals surface area contributed by atoms with E-state index in [1.807, 2.05) is 0 Å². The number of rotatable bonds is 6. The molecule has 1 fully saturated rings. The lowest BCUT2D eigenvalue weighted by atomic mass is 9.89. The number of hydrogen-bond acceptors (Lipinski definition) is 1. The monoisotopic (exact) mass is 376 g/mol. The Bertz CT molecular complexity index is 779. The zero-order valence-corrected chi connectivity index (χ0v) is 16.0. The molecule has 1 nitrogen and oxygen atoms in total. The largest absolute Gasteiger partial charge is 0.378 e. The first-order valence-corrected chi connectivity index (χ1v) is 9.93. The van der Waals surface area contributed by atoms with E-state index < -0.39 is 17.5 Å². The molecule has 2 aromatic rings. The van der Waals surface area contributed by atoms with Gasteiger partial charge in [-0.05, 0) is 49.3 Å². The minimum absolute atomic E-state index is 0.0287. The van der Waals surface area contributed by atoms with Crippen molar-refractivity contribution < 1.29 is 17.9 Å². The number of ether oxygens (including phenoxy) is 1. The highest BCUT2D eigenvalue weighted by Gasteiger charge is 2.26. The minimum atomic E-state index is -0.981. The van der Waals surface area contributed by atoms with Crippen LogP contribution in [0.3, 0.4) is 0 Å². The van der Waals surface area contributed by atoms with Crippen LogP contribution in [0.25, 0.3) is 11.1 Å². The molecule has 0 bridgehead atoms. The SMILES string of the molecule is CCCCc1ccc(-c2ccc(C3CCC(CC)OC3)c(F)c2F)c(F)c1. The van der Waals surface area contributed by atoms with Crippen molar-refractivity contribution in [2.45, 2.75) is 64.4 Å². The highest BCUT2D eigenvalue weighted by Crippen LogP contribution is 2.35. The van der Waals surface area contributed by atoms with Crippen molar-refractivity contribution in [2.75, 3.05) is 6.61 Å². The van der Waals surface area contributed by atoms with E-state index in [-0.39, 0.29) is 23.1 Å². The molecule has 0 amide bonds. The van der Waals surface area contributed by atoms with Gasteiger partial charge in [-0.3, -0.25) is 0 Å². The van der Waals surface area contributed by atoms with Crippen LogP contribution in [0.5, 0.6) is 0 Å². The maximum absolute atomic E-state index is 14.7. The molecule has 2 unspecified atom stereocenters. The van der Waals surface area contributed by atoms with Gasteiger partial charge in [0.1, 0.15) is 5.82 Å². The maximum atomic E-state index is 14.7. The van der Waals surface area contributed by atoms with Crippen molar-refractivity contribution >= 4 is 0 Å². The van der Waals surface area contributed by atoms with Gasteiger partial charge in [0.15, 0.2) is 11.6 Å². The van der Waals surface area contributed by atoms with Gasteiger partial charge in [-0.1, -0.05) is 44.5 Å².